The summed E-state index contributed by atoms with van der Waals surface area (Å²) >= 11 is 6.06. The van der Waals surface area contributed by atoms with Crippen molar-refractivity contribution in [2.24, 2.45) is 0 Å². The predicted molar refractivity (Wildman–Crippen MR) is 96.6 cm³/mol. The van der Waals surface area contributed by atoms with Crippen LogP contribution in [0.4, 0.5) is 0 Å². The molecule has 1 saturated heterocycles. The van der Waals surface area contributed by atoms with E-state index >= 15 is 0 Å². The van der Waals surface area contributed by atoms with Gasteiger partial charge < -0.3 is 18.9 Å². The highest BCUT2D eigenvalue weighted by Gasteiger charge is 2.58. The second kappa shape index (κ2) is 7.91. The van der Waals surface area contributed by atoms with Crippen molar-refractivity contribution in [1.82, 2.24) is 19.5 Å². The van der Waals surface area contributed by atoms with Gasteiger partial charge in [0.25, 0.3) is 0 Å². The van der Waals surface area contributed by atoms with Gasteiger partial charge in [0, 0.05) is 20.8 Å². The number of halogens is 1. The van der Waals surface area contributed by atoms with Gasteiger partial charge in [-0.15, -0.1) is 0 Å². The predicted octanol–water partition coefficient (Wildman–Crippen LogP) is 1.19. The molecule has 1 fully saturated rings. The van der Waals surface area contributed by atoms with E-state index in [2.05, 4.69) is 15.0 Å². The number of fused-ring (bicyclic) bond motifs is 1. The lowest BCUT2D eigenvalue weighted by atomic mass is 9.98. The highest BCUT2D eigenvalue weighted by atomic mass is 35.5. The topological polar surface area (TPSA) is 132 Å². The summed E-state index contributed by atoms with van der Waals surface area (Å²) in [5.41, 5.74) is -0.669. The second-order valence-corrected chi connectivity index (χ2v) is 7.05. The number of carbonyl (C=O) groups excluding carboxylic acids is 3. The van der Waals surface area contributed by atoms with Crippen LogP contribution in [-0.2, 0) is 33.3 Å². The zero-order valence-electron chi connectivity index (χ0n) is 16.1. The third-order valence-electron chi connectivity index (χ3n) is 4.32. The monoisotopic (exact) mass is 426 g/mol. The van der Waals surface area contributed by atoms with E-state index in [1.807, 2.05) is 0 Å². The summed E-state index contributed by atoms with van der Waals surface area (Å²) in [6.45, 7) is 5.01. The molecule has 0 spiro atoms. The molecule has 0 saturated carbocycles. The van der Waals surface area contributed by atoms with Crippen LogP contribution in [0.25, 0.3) is 11.2 Å². The Bertz CT molecular complexity index is 964. The first-order valence-corrected chi connectivity index (χ1v) is 8.99. The van der Waals surface area contributed by atoms with E-state index < -0.39 is 41.9 Å². The number of aromatic nitrogens is 4. The molecule has 4 atom stereocenters. The van der Waals surface area contributed by atoms with Gasteiger partial charge in [-0.25, -0.2) is 15.0 Å². The number of nitrogens with zero attached hydrogens (tertiary/aromatic N) is 4. The zero-order chi connectivity index (χ0) is 21.3. The molecule has 0 amide bonds. The highest BCUT2D eigenvalue weighted by Crippen LogP contribution is 2.42. The minimum absolute atomic E-state index is 0.134. The summed E-state index contributed by atoms with van der Waals surface area (Å²) in [4.78, 5) is 47.0. The molecule has 0 aliphatic carbocycles. The molecule has 2 aromatic rings. The lowest BCUT2D eigenvalue weighted by Gasteiger charge is -2.29. The van der Waals surface area contributed by atoms with Crippen LogP contribution in [-0.4, -0.2) is 61.8 Å². The van der Waals surface area contributed by atoms with Gasteiger partial charge in [0.15, 0.2) is 29.2 Å². The molecule has 29 heavy (non-hydrogen) atoms. The molecular weight excluding hydrogens is 408 g/mol. The summed E-state index contributed by atoms with van der Waals surface area (Å²) in [5.74, 6) is -1.78. The van der Waals surface area contributed by atoms with E-state index in [1.165, 1.54) is 38.0 Å². The van der Waals surface area contributed by atoms with Gasteiger partial charge in [0.1, 0.15) is 24.1 Å². The normalized spacial score (nSPS) is 26.3. The molecule has 0 bridgehead atoms. The third kappa shape index (κ3) is 4.15. The SMILES string of the molecule is CC(=O)OC[C@@]1(C)O[C@@H](n2cnc3c(Cl)ncnc32)C(OC(C)=O)C1OC(C)=O. The second-order valence-electron chi connectivity index (χ2n) is 6.69. The first-order chi connectivity index (χ1) is 13.6. The minimum atomic E-state index is -1.31. The molecule has 3 heterocycles. The molecule has 1 aliphatic heterocycles. The summed E-state index contributed by atoms with van der Waals surface area (Å²) in [5, 5.41) is 0.134. The van der Waals surface area contributed by atoms with Crippen LogP contribution in [0, 0.1) is 0 Å². The third-order valence-corrected chi connectivity index (χ3v) is 4.59. The average molecular weight is 427 g/mol. The number of carbonyl (C=O) groups is 3. The Labute approximate surface area is 170 Å². The number of rotatable bonds is 5. The minimum Gasteiger partial charge on any atom is -0.463 e. The van der Waals surface area contributed by atoms with Gasteiger partial charge >= 0.3 is 17.9 Å². The molecular formula is C17H19ClN4O7. The van der Waals surface area contributed by atoms with Gasteiger partial charge in [-0.1, -0.05) is 11.6 Å². The van der Waals surface area contributed by atoms with Crippen molar-refractivity contribution in [2.75, 3.05) is 6.61 Å². The molecule has 0 N–H and O–H groups in total. The number of hydrogen-bond donors (Lipinski definition) is 0. The molecule has 2 unspecified atom stereocenters. The lowest BCUT2D eigenvalue weighted by molar-refractivity contribution is -0.174. The lowest BCUT2D eigenvalue weighted by Crippen LogP contribution is -2.48. The molecule has 0 radical (unpaired) electrons. The van der Waals surface area contributed by atoms with Crippen molar-refractivity contribution in [1.29, 1.82) is 0 Å². The van der Waals surface area contributed by atoms with Crippen LogP contribution < -0.4 is 0 Å². The van der Waals surface area contributed by atoms with E-state index in [1.54, 1.807) is 6.92 Å². The van der Waals surface area contributed by atoms with Gasteiger partial charge in [-0.2, -0.15) is 0 Å². The van der Waals surface area contributed by atoms with Crippen LogP contribution in [0.2, 0.25) is 5.15 Å². The summed E-state index contributed by atoms with van der Waals surface area (Å²) in [6, 6.07) is 0. The van der Waals surface area contributed by atoms with E-state index in [0.29, 0.717) is 11.2 Å². The van der Waals surface area contributed by atoms with Crippen LogP contribution in [0.5, 0.6) is 0 Å². The Morgan fingerprint density at radius 1 is 1.14 bits per heavy atom. The van der Waals surface area contributed by atoms with Gasteiger partial charge in [0.2, 0.25) is 0 Å². The van der Waals surface area contributed by atoms with Crippen molar-refractivity contribution in [2.45, 2.75) is 51.7 Å². The Morgan fingerprint density at radius 3 is 2.45 bits per heavy atom. The first-order valence-electron chi connectivity index (χ1n) is 8.61. The molecule has 0 aromatic carbocycles. The van der Waals surface area contributed by atoms with Crippen LogP contribution >= 0.6 is 11.6 Å². The molecule has 3 rings (SSSR count). The largest absolute Gasteiger partial charge is 0.463 e. The van der Waals surface area contributed by atoms with E-state index in [4.69, 9.17) is 30.5 Å². The quantitative estimate of drug-likeness (QED) is 0.390. The molecule has 11 nitrogen and oxygen atoms in total. The Morgan fingerprint density at radius 2 is 1.83 bits per heavy atom. The first kappa shape index (κ1) is 20.9. The maximum absolute atomic E-state index is 11.8. The summed E-state index contributed by atoms with van der Waals surface area (Å²) in [6.07, 6.45) is -0.472. The van der Waals surface area contributed by atoms with Crippen molar-refractivity contribution in [3.63, 3.8) is 0 Å². The fourth-order valence-electron chi connectivity index (χ4n) is 3.17. The Balaban J connectivity index is 2.08. The fourth-order valence-corrected chi connectivity index (χ4v) is 3.35. The summed E-state index contributed by atoms with van der Waals surface area (Å²) in [7, 11) is 0. The molecule has 2 aromatic heterocycles. The van der Waals surface area contributed by atoms with Gasteiger partial charge in [-0.3, -0.25) is 19.0 Å². The number of ether oxygens (including phenoxy) is 4. The molecule has 156 valence electrons. The number of imidazole rings is 1. The van der Waals surface area contributed by atoms with Crippen molar-refractivity contribution < 1.29 is 33.3 Å². The zero-order valence-corrected chi connectivity index (χ0v) is 16.9. The maximum Gasteiger partial charge on any atom is 0.303 e. The Hall–Kier alpha value is -2.79. The molecule has 1 aliphatic rings. The summed E-state index contributed by atoms with van der Waals surface area (Å²) < 4.78 is 23.5. The fraction of sp³-hybridized carbons (Fsp3) is 0.529. The highest BCUT2D eigenvalue weighted by molar-refractivity contribution is 6.33. The number of hydrogen-bond acceptors (Lipinski definition) is 10. The Kier molecular flexibility index (Phi) is 5.71. The standard InChI is InChI=1S/C17H19ClN4O7/c1-8(23)26-5-17(4)13(28-10(3)25)12(27-9(2)24)16(29-17)22-7-21-11-14(18)19-6-20-15(11)22/h6-7,12-13,16H,5H2,1-4H3/t12?,13?,16-,17-/m1/s1. The van der Waals surface area contributed by atoms with Crippen LogP contribution in [0.1, 0.15) is 33.9 Å². The average Bonchev–Trinajstić information content (AvgIpc) is 3.15. The smallest absolute Gasteiger partial charge is 0.303 e. The van der Waals surface area contributed by atoms with Crippen molar-refractivity contribution in [3.8, 4) is 0 Å². The van der Waals surface area contributed by atoms with Crippen LogP contribution in [0.15, 0.2) is 12.7 Å². The molecule has 12 heteroatoms. The van der Waals surface area contributed by atoms with Crippen LogP contribution in [0.3, 0.4) is 0 Å². The van der Waals surface area contributed by atoms with E-state index in [0.717, 1.165) is 0 Å². The number of esters is 3. The van der Waals surface area contributed by atoms with Gasteiger partial charge in [-0.05, 0) is 6.92 Å². The van der Waals surface area contributed by atoms with Crippen molar-refractivity contribution in [3.05, 3.63) is 17.8 Å². The van der Waals surface area contributed by atoms with Gasteiger partial charge in [0.05, 0.1) is 6.33 Å². The van der Waals surface area contributed by atoms with E-state index in [9.17, 15) is 14.4 Å². The van der Waals surface area contributed by atoms with Crippen molar-refractivity contribution >= 4 is 40.7 Å². The maximum atomic E-state index is 11.8. The van der Waals surface area contributed by atoms with E-state index in [-0.39, 0.29) is 11.8 Å².